The molecular formula is C19H17NO. The van der Waals surface area contributed by atoms with Gasteiger partial charge in [0.1, 0.15) is 6.10 Å². The second kappa shape index (κ2) is 5.90. The van der Waals surface area contributed by atoms with Crippen molar-refractivity contribution >= 4 is 0 Å². The molecule has 1 heterocycles. The summed E-state index contributed by atoms with van der Waals surface area (Å²) in [6.45, 7) is 1.93. The van der Waals surface area contributed by atoms with Crippen LogP contribution in [0.2, 0.25) is 0 Å². The molecule has 2 aromatic carbocycles. The zero-order valence-corrected chi connectivity index (χ0v) is 11.9. The molecule has 0 spiro atoms. The second-order valence-electron chi connectivity index (χ2n) is 5.09. The molecule has 0 bridgehead atoms. The van der Waals surface area contributed by atoms with Gasteiger partial charge < -0.3 is 5.11 Å². The minimum Gasteiger partial charge on any atom is -0.382 e. The molecule has 3 rings (SSSR count). The number of aliphatic hydroxyl groups is 1. The molecule has 2 nitrogen and oxygen atoms in total. The number of pyridine rings is 1. The topological polar surface area (TPSA) is 33.1 Å². The third kappa shape index (κ3) is 3.01. The number of aryl methyl sites for hydroxylation is 1. The highest BCUT2D eigenvalue weighted by atomic mass is 16.3. The van der Waals surface area contributed by atoms with Crippen molar-refractivity contribution in [3.05, 3.63) is 89.7 Å². The molecule has 1 atom stereocenters. The fourth-order valence-corrected chi connectivity index (χ4v) is 2.38. The minimum atomic E-state index is -0.685. The first kappa shape index (κ1) is 13.5. The summed E-state index contributed by atoms with van der Waals surface area (Å²) in [5.74, 6) is 0. The summed E-state index contributed by atoms with van der Waals surface area (Å²) in [5.41, 5.74) is 4.76. The lowest BCUT2D eigenvalue weighted by Gasteiger charge is -2.12. The van der Waals surface area contributed by atoms with Crippen LogP contribution in [0.1, 0.15) is 23.1 Å². The largest absolute Gasteiger partial charge is 0.382 e. The van der Waals surface area contributed by atoms with E-state index in [4.69, 9.17) is 0 Å². The standard InChI is InChI=1S/C19H17NO/c1-14-6-5-9-18(20-14)19(21)17-12-10-16(11-13-17)15-7-3-2-4-8-15/h2-13,19,21H,1H3. The van der Waals surface area contributed by atoms with Crippen molar-refractivity contribution in [1.29, 1.82) is 0 Å². The van der Waals surface area contributed by atoms with Crippen LogP contribution in [-0.2, 0) is 0 Å². The first-order chi connectivity index (χ1) is 10.2. The predicted molar refractivity (Wildman–Crippen MR) is 84.9 cm³/mol. The highest BCUT2D eigenvalue weighted by Crippen LogP contribution is 2.24. The highest BCUT2D eigenvalue weighted by Gasteiger charge is 2.11. The van der Waals surface area contributed by atoms with Gasteiger partial charge in [-0.25, -0.2) is 0 Å². The lowest BCUT2D eigenvalue weighted by atomic mass is 10.0. The Balaban J connectivity index is 1.87. The summed E-state index contributed by atoms with van der Waals surface area (Å²) in [4.78, 5) is 4.38. The quantitative estimate of drug-likeness (QED) is 0.779. The summed E-state index contributed by atoms with van der Waals surface area (Å²) < 4.78 is 0. The fraction of sp³-hybridized carbons (Fsp3) is 0.105. The first-order valence-corrected chi connectivity index (χ1v) is 7.01. The van der Waals surface area contributed by atoms with Crippen molar-refractivity contribution in [2.24, 2.45) is 0 Å². The molecular weight excluding hydrogens is 258 g/mol. The van der Waals surface area contributed by atoms with Gasteiger partial charge in [-0.1, -0.05) is 60.7 Å². The van der Waals surface area contributed by atoms with E-state index in [-0.39, 0.29) is 0 Å². The second-order valence-corrected chi connectivity index (χ2v) is 5.09. The lowest BCUT2D eigenvalue weighted by Crippen LogP contribution is -2.02. The van der Waals surface area contributed by atoms with Gasteiger partial charge in [-0.15, -0.1) is 0 Å². The monoisotopic (exact) mass is 275 g/mol. The molecule has 1 aromatic heterocycles. The third-order valence-corrected chi connectivity index (χ3v) is 3.52. The van der Waals surface area contributed by atoms with Gasteiger partial charge in [0.2, 0.25) is 0 Å². The van der Waals surface area contributed by atoms with Crippen molar-refractivity contribution in [3.63, 3.8) is 0 Å². The van der Waals surface area contributed by atoms with E-state index < -0.39 is 6.10 Å². The van der Waals surface area contributed by atoms with Gasteiger partial charge >= 0.3 is 0 Å². The summed E-state index contributed by atoms with van der Waals surface area (Å²) in [7, 11) is 0. The van der Waals surface area contributed by atoms with Crippen LogP contribution in [0, 0.1) is 6.92 Å². The van der Waals surface area contributed by atoms with Gasteiger partial charge in [-0.05, 0) is 35.7 Å². The smallest absolute Gasteiger partial charge is 0.121 e. The number of hydrogen-bond donors (Lipinski definition) is 1. The number of nitrogens with zero attached hydrogens (tertiary/aromatic N) is 1. The zero-order chi connectivity index (χ0) is 14.7. The molecule has 0 amide bonds. The molecule has 0 fully saturated rings. The van der Waals surface area contributed by atoms with E-state index >= 15 is 0 Å². The molecule has 0 radical (unpaired) electrons. The van der Waals surface area contributed by atoms with Crippen molar-refractivity contribution in [2.75, 3.05) is 0 Å². The minimum absolute atomic E-state index is 0.683. The lowest BCUT2D eigenvalue weighted by molar-refractivity contribution is 0.215. The maximum Gasteiger partial charge on any atom is 0.121 e. The molecule has 1 unspecified atom stereocenters. The SMILES string of the molecule is Cc1cccc(C(O)c2ccc(-c3ccccc3)cc2)n1. The van der Waals surface area contributed by atoms with Crippen LogP contribution in [0.3, 0.4) is 0 Å². The molecule has 104 valence electrons. The predicted octanol–water partition coefficient (Wildman–Crippen LogP) is 4.14. The summed E-state index contributed by atoms with van der Waals surface area (Å²) in [5, 5.41) is 10.4. The Kier molecular flexibility index (Phi) is 3.80. The molecule has 3 aromatic rings. The zero-order valence-electron chi connectivity index (χ0n) is 11.9. The van der Waals surface area contributed by atoms with Gasteiger partial charge in [-0.3, -0.25) is 4.98 Å². The van der Waals surface area contributed by atoms with Gasteiger partial charge in [0.05, 0.1) is 5.69 Å². The fourth-order valence-electron chi connectivity index (χ4n) is 2.38. The van der Waals surface area contributed by atoms with E-state index in [1.165, 1.54) is 5.56 Å². The highest BCUT2D eigenvalue weighted by molar-refractivity contribution is 5.63. The van der Waals surface area contributed by atoms with E-state index in [1.807, 2.05) is 67.6 Å². The van der Waals surface area contributed by atoms with Crippen LogP contribution < -0.4 is 0 Å². The Hall–Kier alpha value is -2.45. The van der Waals surface area contributed by atoms with Crippen molar-refractivity contribution in [1.82, 2.24) is 4.98 Å². The van der Waals surface area contributed by atoms with Gasteiger partial charge in [0.25, 0.3) is 0 Å². The molecule has 0 saturated carbocycles. The number of rotatable bonds is 3. The van der Waals surface area contributed by atoms with Crippen molar-refractivity contribution < 1.29 is 5.11 Å². The number of aromatic nitrogens is 1. The van der Waals surface area contributed by atoms with Crippen LogP contribution >= 0.6 is 0 Å². The molecule has 1 N–H and O–H groups in total. The molecule has 0 aliphatic carbocycles. The summed E-state index contributed by atoms with van der Waals surface area (Å²) in [6, 6.07) is 23.9. The Morgan fingerprint density at radius 3 is 2.10 bits per heavy atom. The number of hydrogen-bond acceptors (Lipinski definition) is 2. The average molecular weight is 275 g/mol. The van der Waals surface area contributed by atoms with E-state index in [1.54, 1.807) is 0 Å². The van der Waals surface area contributed by atoms with Crippen molar-refractivity contribution in [2.45, 2.75) is 13.0 Å². The average Bonchev–Trinajstić information content (AvgIpc) is 2.55. The molecule has 0 aliphatic rings. The number of aliphatic hydroxyl groups excluding tert-OH is 1. The van der Waals surface area contributed by atoms with Crippen LogP contribution in [0.25, 0.3) is 11.1 Å². The normalized spacial score (nSPS) is 12.1. The first-order valence-electron chi connectivity index (χ1n) is 7.01. The summed E-state index contributed by atoms with van der Waals surface area (Å²) in [6.07, 6.45) is -0.685. The van der Waals surface area contributed by atoms with Crippen molar-refractivity contribution in [3.8, 4) is 11.1 Å². The Labute approximate surface area is 124 Å². The Morgan fingerprint density at radius 1 is 0.762 bits per heavy atom. The molecule has 0 aliphatic heterocycles. The van der Waals surface area contributed by atoms with E-state index in [9.17, 15) is 5.11 Å². The maximum atomic E-state index is 10.4. The van der Waals surface area contributed by atoms with E-state index in [0.717, 1.165) is 16.8 Å². The summed E-state index contributed by atoms with van der Waals surface area (Å²) >= 11 is 0. The molecule has 21 heavy (non-hydrogen) atoms. The van der Waals surface area contributed by atoms with E-state index in [0.29, 0.717) is 5.69 Å². The van der Waals surface area contributed by atoms with Gasteiger partial charge in [-0.2, -0.15) is 0 Å². The molecule has 0 saturated heterocycles. The maximum absolute atomic E-state index is 10.4. The van der Waals surface area contributed by atoms with Gasteiger partial charge in [0.15, 0.2) is 0 Å². The van der Waals surface area contributed by atoms with Gasteiger partial charge in [0, 0.05) is 5.69 Å². The Bertz CT molecular complexity index is 720. The van der Waals surface area contributed by atoms with Crippen LogP contribution in [-0.4, -0.2) is 10.1 Å². The Morgan fingerprint density at radius 2 is 1.43 bits per heavy atom. The van der Waals surface area contributed by atoms with Crippen LogP contribution in [0.4, 0.5) is 0 Å². The van der Waals surface area contributed by atoms with Crippen LogP contribution in [0.15, 0.2) is 72.8 Å². The number of benzene rings is 2. The van der Waals surface area contributed by atoms with E-state index in [2.05, 4.69) is 17.1 Å². The molecule has 2 heteroatoms. The third-order valence-electron chi connectivity index (χ3n) is 3.52. The van der Waals surface area contributed by atoms with Crippen LogP contribution in [0.5, 0.6) is 0 Å².